The van der Waals surface area contributed by atoms with E-state index in [1.807, 2.05) is 36.4 Å². The highest BCUT2D eigenvalue weighted by Crippen LogP contribution is 2.34. The Morgan fingerprint density at radius 1 is 1.16 bits per heavy atom. The normalized spacial score (nSPS) is 14.4. The number of hydrogen-bond donors (Lipinski definition) is 1. The van der Waals surface area contributed by atoms with Crippen LogP contribution in [0.1, 0.15) is 11.8 Å². The molecular weight excluding hydrogens is 410 g/mol. The first-order valence-electron chi connectivity index (χ1n) is 10.5. The Morgan fingerprint density at radius 3 is 2.68 bits per heavy atom. The van der Waals surface area contributed by atoms with Crippen LogP contribution < -0.4 is 10.1 Å². The van der Waals surface area contributed by atoms with Crippen molar-refractivity contribution in [1.29, 1.82) is 0 Å². The number of rotatable bonds is 7. The van der Waals surface area contributed by atoms with Crippen molar-refractivity contribution in [2.75, 3.05) is 44.8 Å². The number of morpholine rings is 1. The number of carbonyl (C=O) groups is 1. The fourth-order valence-electron chi connectivity index (χ4n) is 3.55. The maximum Gasteiger partial charge on any atom is 0.221 e. The Morgan fingerprint density at radius 2 is 1.94 bits per heavy atom. The minimum absolute atomic E-state index is 0.0830. The predicted octanol–water partition coefficient (Wildman–Crippen LogP) is 4.45. The van der Waals surface area contributed by atoms with Gasteiger partial charge in [0.05, 0.1) is 18.9 Å². The quantitative estimate of drug-likeness (QED) is 0.591. The monoisotopic (exact) mass is 437 g/mol. The molecule has 31 heavy (non-hydrogen) atoms. The molecule has 1 aliphatic rings. The topological polar surface area (TPSA) is 63.7 Å². The zero-order valence-corrected chi connectivity index (χ0v) is 18.7. The summed E-state index contributed by atoms with van der Waals surface area (Å²) in [5, 5.41) is 3.76. The van der Waals surface area contributed by atoms with E-state index in [4.69, 9.17) is 14.5 Å². The largest absolute Gasteiger partial charge is 0.492 e. The Hall–Kier alpha value is -2.74. The number of benzene rings is 2. The zero-order valence-electron chi connectivity index (χ0n) is 17.9. The standard InChI is InChI=1S/C24H27N3O3S/c1-17-23(26-24(31-17)20-4-3-5-21(16-20)25-18(2)28)19-6-8-22(9-7-19)30-15-12-27-10-13-29-14-11-27/h3-9,16H,10-15H2,1-2H3,(H,25,28). The van der Waals surface area contributed by atoms with E-state index >= 15 is 0 Å². The smallest absolute Gasteiger partial charge is 0.221 e. The van der Waals surface area contributed by atoms with Gasteiger partial charge in [0.1, 0.15) is 17.4 Å². The van der Waals surface area contributed by atoms with Gasteiger partial charge in [-0.05, 0) is 43.3 Å². The van der Waals surface area contributed by atoms with Gasteiger partial charge in [-0.2, -0.15) is 0 Å². The molecule has 1 N–H and O–H groups in total. The van der Waals surface area contributed by atoms with Crippen LogP contribution in [0, 0.1) is 6.92 Å². The van der Waals surface area contributed by atoms with Crippen LogP contribution >= 0.6 is 11.3 Å². The molecule has 0 radical (unpaired) electrons. The molecule has 0 bridgehead atoms. The summed E-state index contributed by atoms with van der Waals surface area (Å²) >= 11 is 1.65. The van der Waals surface area contributed by atoms with Crippen LogP contribution in [0.5, 0.6) is 5.75 Å². The number of nitrogens with one attached hydrogen (secondary N) is 1. The molecule has 6 nitrogen and oxygen atoms in total. The molecular formula is C24H27N3O3S. The molecule has 2 aromatic carbocycles. The molecule has 1 saturated heterocycles. The van der Waals surface area contributed by atoms with Crippen molar-refractivity contribution in [2.24, 2.45) is 0 Å². The summed E-state index contributed by atoms with van der Waals surface area (Å²) in [6.45, 7) is 8.74. The number of aromatic nitrogens is 1. The minimum atomic E-state index is -0.0830. The number of carbonyl (C=O) groups excluding carboxylic acids is 1. The van der Waals surface area contributed by atoms with Crippen LogP contribution in [0.15, 0.2) is 48.5 Å². The first-order valence-corrected chi connectivity index (χ1v) is 11.3. The number of ether oxygens (including phenoxy) is 2. The number of thiazole rings is 1. The second-order valence-electron chi connectivity index (χ2n) is 7.51. The summed E-state index contributed by atoms with van der Waals surface area (Å²) in [6, 6.07) is 15.9. The molecule has 1 fully saturated rings. The molecule has 0 unspecified atom stereocenters. The molecule has 1 aromatic heterocycles. The molecule has 1 aliphatic heterocycles. The Labute approximate surface area is 186 Å². The van der Waals surface area contributed by atoms with Gasteiger partial charge in [0.2, 0.25) is 5.91 Å². The second kappa shape index (κ2) is 10.0. The van der Waals surface area contributed by atoms with Crippen molar-refractivity contribution >= 4 is 22.9 Å². The van der Waals surface area contributed by atoms with E-state index in [0.717, 1.165) is 71.0 Å². The summed E-state index contributed by atoms with van der Waals surface area (Å²) in [5.74, 6) is 0.786. The van der Waals surface area contributed by atoms with Gasteiger partial charge in [0, 0.05) is 48.2 Å². The Bertz CT molecular complexity index is 1030. The number of hydrogen-bond acceptors (Lipinski definition) is 6. The Balaban J connectivity index is 1.42. The van der Waals surface area contributed by atoms with Crippen LogP contribution in [0.25, 0.3) is 21.8 Å². The molecule has 0 spiro atoms. The van der Waals surface area contributed by atoms with E-state index in [2.05, 4.69) is 29.3 Å². The molecule has 1 amide bonds. The van der Waals surface area contributed by atoms with E-state index in [9.17, 15) is 4.79 Å². The molecule has 3 aromatic rings. The molecule has 2 heterocycles. The summed E-state index contributed by atoms with van der Waals surface area (Å²) in [4.78, 5) is 19.7. The SMILES string of the molecule is CC(=O)Nc1cccc(-c2nc(-c3ccc(OCCN4CCOCC4)cc3)c(C)s2)c1. The summed E-state index contributed by atoms with van der Waals surface area (Å²) in [7, 11) is 0. The number of aryl methyl sites for hydroxylation is 1. The van der Waals surface area contributed by atoms with Crippen molar-refractivity contribution in [2.45, 2.75) is 13.8 Å². The highest BCUT2D eigenvalue weighted by Gasteiger charge is 2.13. The number of anilines is 1. The third-order valence-corrected chi connectivity index (χ3v) is 6.15. The van der Waals surface area contributed by atoms with Gasteiger partial charge < -0.3 is 14.8 Å². The lowest BCUT2D eigenvalue weighted by Gasteiger charge is -2.26. The number of amides is 1. The van der Waals surface area contributed by atoms with Crippen molar-refractivity contribution < 1.29 is 14.3 Å². The van der Waals surface area contributed by atoms with Gasteiger partial charge in [0.15, 0.2) is 0 Å². The molecule has 0 atom stereocenters. The highest BCUT2D eigenvalue weighted by atomic mass is 32.1. The van der Waals surface area contributed by atoms with Crippen molar-refractivity contribution in [3.05, 3.63) is 53.4 Å². The first-order chi connectivity index (χ1) is 15.1. The van der Waals surface area contributed by atoms with Gasteiger partial charge in [-0.3, -0.25) is 9.69 Å². The molecule has 162 valence electrons. The molecule has 0 saturated carbocycles. The van der Waals surface area contributed by atoms with Crippen molar-refractivity contribution in [3.8, 4) is 27.6 Å². The molecule has 0 aliphatic carbocycles. The number of nitrogens with zero attached hydrogens (tertiary/aromatic N) is 2. The maximum atomic E-state index is 11.3. The fourth-order valence-corrected chi connectivity index (χ4v) is 4.48. The van der Waals surface area contributed by atoms with E-state index in [1.54, 1.807) is 11.3 Å². The van der Waals surface area contributed by atoms with Crippen LogP contribution in [-0.4, -0.2) is 55.2 Å². The van der Waals surface area contributed by atoms with E-state index in [0.29, 0.717) is 6.61 Å². The zero-order chi connectivity index (χ0) is 21.6. The van der Waals surface area contributed by atoms with Gasteiger partial charge >= 0.3 is 0 Å². The molecule has 4 rings (SSSR count). The lowest BCUT2D eigenvalue weighted by molar-refractivity contribution is -0.114. The predicted molar refractivity (Wildman–Crippen MR) is 125 cm³/mol. The van der Waals surface area contributed by atoms with Crippen LogP contribution in [-0.2, 0) is 9.53 Å². The highest BCUT2D eigenvalue weighted by molar-refractivity contribution is 7.15. The van der Waals surface area contributed by atoms with Crippen molar-refractivity contribution in [3.63, 3.8) is 0 Å². The van der Waals surface area contributed by atoms with Crippen LogP contribution in [0.4, 0.5) is 5.69 Å². The average molecular weight is 438 g/mol. The third-order valence-electron chi connectivity index (χ3n) is 5.13. The Kier molecular flexibility index (Phi) is 6.96. The first kappa shape index (κ1) is 21.5. The van der Waals surface area contributed by atoms with Gasteiger partial charge in [-0.15, -0.1) is 11.3 Å². The summed E-state index contributed by atoms with van der Waals surface area (Å²) in [5.41, 5.74) is 3.81. The summed E-state index contributed by atoms with van der Waals surface area (Å²) < 4.78 is 11.3. The lowest BCUT2D eigenvalue weighted by Crippen LogP contribution is -2.38. The van der Waals surface area contributed by atoms with Crippen LogP contribution in [0.3, 0.4) is 0 Å². The third kappa shape index (κ3) is 5.70. The van der Waals surface area contributed by atoms with Gasteiger partial charge in [0.25, 0.3) is 0 Å². The van der Waals surface area contributed by atoms with E-state index in [1.165, 1.54) is 6.92 Å². The minimum Gasteiger partial charge on any atom is -0.492 e. The van der Waals surface area contributed by atoms with E-state index in [-0.39, 0.29) is 5.91 Å². The maximum absolute atomic E-state index is 11.3. The van der Waals surface area contributed by atoms with Gasteiger partial charge in [-0.25, -0.2) is 4.98 Å². The van der Waals surface area contributed by atoms with Crippen LogP contribution in [0.2, 0.25) is 0 Å². The van der Waals surface area contributed by atoms with E-state index < -0.39 is 0 Å². The van der Waals surface area contributed by atoms with Crippen molar-refractivity contribution in [1.82, 2.24) is 9.88 Å². The summed E-state index contributed by atoms with van der Waals surface area (Å²) in [6.07, 6.45) is 0. The average Bonchev–Trinajstić information content (AvgIpc) is 3.16. The van der Waals surface area contributed by atoms with Gasteiger partial charge in [-0.1, -0.05) is 12.1 Å². The molecule has 7 heteroatoms. The second-order valence-corrected chi connectivity index (χ2v) is 8.72. The lowest BCUT2D eigenvalue weighted by atomic mass is 10.1. The fraction of sp³-hybridized carbons (Fsp3) is 0.333.